The van der Waals surface area contributed by atoms with Crippen LogP contribution < -0.4 is 14.7 Å². The van der Waals surface area contributed by atoms with Crippen LogP contribution in [-0.4, -0.2) is 0 Å². The number of hydrogen-bond donors (Lipinski definition) is 0. The molecular formula is C52H43NOS. The molecule has 5 aromatic carbocycles. The van der Waals surface area contributed by atoms with Crippen molar-refractivity contribution in [2.24, 2.45) is 5.92 Å². The standard InChI is InChI=1S/C52H43NOS/c1-3-14-34(15-4-1)38-32-33-47(42-19-8-7-18-41(38)42)53(37-30-28-36(29-31-37)39-21-11-23-44-43-20-9-10-27-49(43)54-50(39)44)48-26-13-25-46-45-24-12-22-40(51(45)55-52(46)48)35-16-5-2-6-17-35/h1,3-5,7,9-12,14-16,18,20-21,23-25,27-33,35,40H,2,6,8,13,17,19,22,26H2. The monoisotopic (exact) mass is 729 g/mol. The molecule has 0 saturated heterocycles. The van der Waals surface area contributed by atoms with Gasteiger partial charge in [0.15, 0.2) is 0 Å². The first-order valence-corrected chi connectivity index (χ1v) is 21.0. The van der Waals surface area contributed by atoms with E-state index in [1.54, 1.807) is 4.88 Å². The highest BCUT2D eigenvalue weighted by atomic mass is 32.1. The Morgan fingerprint density at radius 2 is 1.49 bits per heavy atom. The summed E-state index contributed by atoms with van der Waals surface area (Å²) < 4.78 is 7.94. The average molecular weight is 730 g/mol. The Kier molecular flexibility index (Phi) is 8.09. The van der Waals surface area contributed by atoms with Gasteiger partial charge in [-0.1, -0.05) is 127 Å². The fourth-order valence-corrected chi connectivity index (χ4v) is 11.4. The summed E-state index contributed by atoms with van der Waals surface area (Å²) in [5.41, 5.74) is 15.0. The Morgan fingerprint density at radius 1 is 0.655 bits per heavy atom. The molecule has 4 aliphatic carbocycles. The maximum Gasteiger partial charge on any atom is 0.143 e. The van der Waals surface area contributed by atoms with Crippen LogP contribution in [0.4, 0.5) is 11.4 Å². The minimum atomic E-state index is 0.568. The molecular weight excluding hydrogens is 687 g/mol. The van der Waals surface area contributed by atoms with Gasteiger partial charge in [-0.15, -0.1) is 11.3 Å². The van der Waals surface area contributed by atoms with Gasteiger partial charge in [0.2, 0.25) is 0 Å². The van der Waals surface area contributed by atoms with Crippen LogP contribution in [0, 0.1) is 5.92 Å². The van der Waals surface area contributed by atoms with Gasteiger partial charge < -0.3 is 9.32 Å². The van der Waals surface area contributed by atoms with Crippen molar-refractivity contribution in [3.8, 4) is 22.3 Å². The number of thiophene rings is 1. The second-order valence-corrected chi connectivity index (χ2v) is 16.6. The van der Waals surface area contributed by atoms with Crippen molar-refractivity contribution in [2.45, 2.75) is 57.3 Å². The Bertz CT molecular complexity index is 2830. The van der Waals surface area contributed by atoms with Crippen molar-refractivity contribution >= 4 is 68.6 Å². The van der Waals surface area contributed by atoms with Gasteiger partial charge in [-0.05, 0) is 120 Å². The van der Waals surface area contributed by atoms with Gasteiger partial charge in [0.05, 0.1) is 4.53 Å². The molecule has 55 heavy (non-hydrogen) atoms. The number of fused-ring (bicyclic) bond motifs is 7. The molecule has 0 aliphatic heterocycles. The number of benzene rings is 5. The van der Waals surface area contributed by atoms with Gasteiger partial charge in [-0.25, -0.2) is 0 Å². The molecule has 0 amide bonds. The summed E-state index contributed by atoms with van der Waals surface area (Å²) in [4.78, 5) is 4.24. The van der Waals surface area contributed by atoms with E-state index in [1.165, 1.54) is 79.5 Å². The highest BCUT2D eigenvalue weighted by Gasteiger charge is 2.31. The molecule has 2 nitrogen and oxygen atoms in total. The van der Waals surface area contributed by atoms with Gasteiger partial charge in [0.1, 0.15) is 11.2 Å². The number of para-hydroxylation sites is 2. The van der Waals surface area contributed by atoms with Crippen molar-refractivity contribution in [1.29, 1.82) is 0 Å². The van der Waals surface area contributed by atoms with Gasteiger partial charge >= 0.3 is 0 Å². The number of nitrogens with zero attached hydrogens (tertiary/aromatic N) is 1. The van der Waals surface area contributed by atoms with Gasteiger partial charge in [0, 0.05) is 44.2 Å². The zero-order valence-electron chi connectivity index (χ0n) is 31.0. The van der Waals surface area contributed by atoms with E-state index in [4.69, 9.17) is 4.42 Å². The molecule has 2 atom stereocenters. The molecule has 2 unspecified atom stereocenters. The number of allylic oxidation sites excluding steroid dienone is 4. The lowest BCUT2D eigenvalue weighted by molar-refractivity contribution is 0.451. The summed E-state index contributed by atoms with van der Waals surface area (Å²) in [5, 5.41) is 3.78. The van der Waals surface area contributed by atoms with Gasteiger partial charge in [-0.3, -0.25) is 0 Å². The summed E-state index contributed by atoms with van der Waals surface area (Å²) in [6.07, 6.45) is 26.2. The summed E-state index contributed by atoms with van der Waals surface area (Å²) in [6.45, 7) is 0. The van der Waals surface area contributed by atoms with Crippen molar-refractivity contribution in [3.63, 3.8) is 0 Å². The molecule has 268 valence electrons. The predicted molar refractivity (Wildman–Crippen MR) is 234 cm³/mol. The van der Waals surface area contributed by atoms with Crippen LogP contribution >= 0.6 is 11.3 Å². The second-order valence-electron chi connectivity index (χ2n) is 15.6. The van der Waals surface area contributed by atoms with Gasteiger partial charge in [-0.2, -0.15) is 0 Å². The van der Waals surface area contributed by atoms with Crippen LogP contribution in [0.3, 0.4) is 0 Å². The van der Waals surface area contributed by atoms with Crippen LogP contribution in [0.15, 0.2) is 138 Å². The van der Waals surface area contributed by atoms with Crippen molar-refractivity contribution < 1.29 is 4.42 Å². The van der Waals surface area contributed by atoms with E-state index in [2.05, 4.69) is 162 Å². The minimum absolute atomic E-state index is 0.568. The first-order chi connectivity index (χ1) is 27.3. The van der Waals surface area contributed by atoms with E-state index < -0.39 is 0 Å². The molecule has 0 spiro atoms. The number of hydrogen-bond acceptors (Lipinski definition) is 3. The zero-order chi connectivity index (χ0) is 36.3. The highest BCUT2D eigenvalue weighted by molar-refractivity contribution is 7.10. The summed E-state index contributed by atoms with van der Waals surface area (Å²) in [5.74, 6) is 1.20. The fraction of sp³-hybridized carbons (Fsp3) is 0.192. The van der Waals surface area contributed by atoms with Crippen molar-refractivity contribution in [3.05, 3.63) is 165 Å². The maximum atomic E-state index is 6.49. The fourth-order valence-electron chi connectivity index (χ4n) is 9.82. The molecule has 2 aromatic heterocycles. The lowest BCUT2D eigenvalue weighted by atomic mass is 9.78. The van der Waals surface area contributed by atoms with Crippen LogP contribution in [0.1, 0.15) is 72.4 Å². The normalized spacial score (nSPS) is 18.6. The van der Waals surface area contributed by atoms with Crippen LogP contribution in [0.25, 0.3) is 68.1 Å². The largest absolute Gasteiger partial charge is 0.455 e. The number of rotatable bonds is 6. The Balaban J connectivity index is 1.11. The van der Waals surface area contributed by atoms with E-state index in [1.807, 2.05) is 6.07 Å². The third-order valence-corrected chi connectivity index (χ3v) is 13.8. The lowest BCUT2D eigenvalue weighted by Gasteiger charge is -2.32. The minimum Gasteiger partial charge on any atom is -0.455 e. The molecule has 7 aromatic rings. The third kappa shape index (κ3) is 5.51. The Hall–Kier alpha value is -5.64. The SMILES string of the molecule is C1=CC(C2CC=Cc3c2sc2c3=CCCC=2N(c2ccc(-c3cccc4c3oc3ccccc34)cc2)c2ccc(-c3ccccc3)c3c2CCC=C3)CCC1. The second kappa shape index (κ2) is 13.6. The molecule has 4 aliphatic rings. The molecule has 11 rings (SSSR count). The summed E-state index contributed by atoms with van der Waals surface area (Å²) in [7, 11) is 0. The van der Waals surface area contributed by atoms with Crippen molar-refractivity contribution in [1.82, 2.24) is 0 Å². The first kappa shape index (κ1) is 32.8. The Morgan fingerprint density at radius 3 is 2.38 bits per heavy atom. The molecule has 0 bridgehead atoms. The number of furan rings is 1. The van der Waals surface area contributed by atoms with Gasteiger partial charge in [0.25, 0.3) is 0 Å². The number of anilines is 2. The van der Waals surface area contributed by atoms with E-state index in [9.17, 15) is 0 Å². The van der Waals surface area contributed by atoms with E-state index in [0.717, 1.165) is 59.6 Å². The van der Waals surface area contributed by atoms with Crippen LogP contribution in [-0.2, 0) is 6.42 Å². The quantitative estimate of drug-likeness (QED) is 0.159. The molecule has 0 fully saturated rings. The topological polar surface area (TPSA) is 16.4 Å². The lowest BCUT2D eigenvalue weighted by Crippen LogP contribution is -2.33. The van der Waals surface area contributed by atoms with Crippen LogP contribution in [0.2, 0.25) is 0 Å². The van der Waals surface area contributed by atoms with E-state index in [0.29, 0.717) is 11.8 Å². The first-order valence-electron chi connectivity index (χ1n) is 20.2. The maximum absolute atomic E-state index is 6.49. The van der Waals surface area contributed by atoms with E-state index in [-0.39, 0.29) is 0 Å². The molecule has 2 heterocycles. The average Bonchev–Trinajstić information content (AvgIpc) is 3.84. The van der Waals surface area contributed by atoms with Crippen LogP contribution in [0.5, 0.6) is 0 Å². The smallest absolute Gasteiger partial charge is 0.143 e. The van der Waals surface area contributed by atoms with E-state index >= 15 is 0 Å². The third-order valence-electron chi connectivity index (χ3n) is 12.4. The zero-order valence-corrected chi connectivity index (χ0v) is 31.8. The predicted octanol–water partition coefficient (Wildman–Crippen LogP) is 13.3. The molecule has 0 radical (unpaired) electrons. The molecule has 0 N–H and O–H groups in total. The highest BCUT2D eigenvalue weighted by Crippen LogP contribution is 2.45. The molecule has 3 heteroatoms. The Labute approximate surface area is 326 Å². The van der Waals surface area contributed by atoms with Crippen molar-refractivity contribution in [2.75, 3.05) is 4.90 Å². The summed E-state index contributed by atoms with van der Waals surface area (Å²) in [6, 6.07) is 39.9. The molecule has 0 saturated carbocycles. The summed E-state index contributed by atoms with van der Waals surface area (Å²) >= 11 is 2.08.